The number of nitrogens with zero attached hydrogens (tertiary/aromatic N) is 3. The third-order valence-corrected chi connectivity index (χ3v) is 8.05. The highest BCUT2D eigenvalue weighted by Crippen LogP contribution is 2.30. The second-order valence-electron chi connectivity index (χ2n) is 11.3. The van der Waals surface area contributed by atoms with Crippen molar-refractivity contribution < 1.29 is 19.0 Å². The summed E-state index contributed by atoms with van der Waals surface area (Å²) >= 11 is 1.60. The van der Waals surface area contributed by atoms with Gasteiger partial charge in [-0.25, -0.2) is 9.97 Å². The first kappa shape index (κ1) is 30.7. The van der Waals surface area contributed by atoms with Gasteiger partial charge in [0.15, 0.2) is 16.7 Å². The van der Waals surface area contributed by atoms with Gasteiger partial charge in [-0.15, -0.1) is 0 Å². The molecule has 1 atom stereocenters. The number of nitrogens with one attached hydrogen (secondary N) is 1. The molecule has 4 rings (SSSR count). The quantitative estimate of drug-likeness (QED) is 0.217. The van der Waals surface area contributed by atoms with E-state index in [9.17, 15) is 4.79 Å². The zero-order chi connectivity index (χ0) is 29.4. The molecule has 0 radical (unpaired) electrons. The first-order valence-corrected chi connectivity index (χ1v) is 15.1. The van der Waals surface area contributed by atoms with Gasteiger partial charge in [0.2, 0.25) is 0 Å². The van der Waals surface area contributed by atoms with E-state index in [1.165, 1.54) is 0 Å². The van der Waals surface area contributed by atoms with Gasteiger partial charge < -0.3 is 24.4 Å². The van der Waals surface area contributed by atoms with Crippen LogP contribution in [0.1, 0.15) is 60.8 Å². The van der Waals surface area contributed by atoms with Crippen LogP contribution in [0.4, 0.5) is 5.82 Å². The average Bonchev–Trinajstić information content (AvgIpc) is 3.51. The summed E-state index contributed by atoms with van der Waals surface area (Å²) in [6.07, 6.45) is 3.03. The van der Waals surface area contributed by atoms with Gasteiger partial charge in [0, 0.05) is 49.5 Å². The maximum atomic E-state index is 12.5. The molecule has 8 nitrogen and oxygen atoms in total. The van der Waals surface area contributed by atoms with Crippen LogP contribution >= 0.6 is 11.8 Å². The highest BCUT2D eigenvalue weighted by Gasteiger charge is 2.20. The summed E-state index contributed by atoms with van der Waals surface area (Å²) in [7, 11) is 5.36. The summed E-state index contributed by atoms with van der Waals surface area (Å²) in [6.45, 7) is 8.63. The zero-order valence-electron chi connectivity index (χ0n) is 25.0. The van der Waals surface area contributed by atoms with E-state index in [-0.39, 0.29) is 17.4 Å². The molecule has 1 saturated heterocycles. The summed E-state index contributed by atoms with van der Waals surface area (Å²) in [5.41, 5.74) is 3.81. The summed E-state index contributed by atoms with van der Waals surface area (Å²) in [5.74, 6) is 2.99. The van der Waals surface area contributed by atoms with Crippen LogP contribution < -0.4 is 19.7 Å². The Balaban J connectivity index is 1.39. The van der Waals surface area contributed by atoms with Crippen molar-refractivity contribution in [2.75, 3.05) is 45.9 Å². The lowest BCUT2D eigenvalue weighted by Crippen LogP contribution is -2.31. The molecular weight excluding hydrogens is 536 g/mol. The number of anilines is 1. The largest absolute Gasteiger partial charge is 0.493 e. The van der Waals surface area contributed by atoms with Crippen LogP contribution in [0.5, 0.6) is 11.5 Å². The Morgan fingerprint density at radius 2 is 1.78 bits per heavy atom. The highest BCUT2D eigenvalue weighted by molar-refractivity contribution is 7.98. The van der Waals surface area contributed by atoms with E-state index in [0.29, 0.717) is 17.9 Å². The molecule has 1 fully saturated rings. The number of amides is 1. The maximum Gasteiger partial charge on any atom is 0.251 e. The third-order valence-electron chi connectivity index (χ3n) is 7.13. The molecule has 0 spiro atoms. The Morgan fingerprint density at radius 3 is 2.44 bits per heavy atom. The molecule has 9 heteroatoms. The molecule has 0 saturated carbocycles. The lowest BCUT2D eigenvalue weighted by molar-refractivity contribution is 0.0858. The van der Waals surface area contributed by atoms with E-state index in [0.717, 1.165) is 71.7 Å². The number of carbonyl (C=O) groups excluding carboxylic acids is 1. The van der Waals surface area contributed by atoms with Crippen molar-refractivity contribution in [2.45, 2.75) is 62.5 Å². The number of rotatable bonds is 12. The number of carbonyl (C=O) groups is 1. The van der Waals surface area contributed by atoms with Crippen molar-refractivity contribution in [1.29, 1.82) is 0 Å². The van der Waals surface area contributed by atoms with Gasteiger partial charge in [-0.2, -0.15) is 0 Å². The molecule has 1 aromatic heterocycles. The predicted molar refractivity (Wildman–Crippen MR) is 165 cm³/mol. The standard InChI is InChI=1S/C32H42N4O4S/c1-32(2,3)28-19-29(36(4)16-15-22-11-14-26(38-5)27(18-22)39-6)35-31(34-28)41-21-23-9-12-24(13-10-23)30(37)33-20-25-8-7-17-40-25/h9-14,18-19,25H,7-8,15-17,20-21H2,1-6H3,(H,33,37)/t25-/m0/s1. The Hall–Kier alpha value is -3.30. The van der Waals surface area contributed by atoms with Crippen LogP contribution in [0.15, 0.2) is 53.7 Å². The fourth-order valence-corrected chi connectivity index (χ4v) is 5.33. The minimum atomic E-state index is -0.115. The SMILES string of the molecule is COc1ccc(CCN(C)c2cc(C(C)(C)C)nc(SCc3ccc(C(=O)NC[C@@H]4CCCO4)cc3)n2)cc1OC. The van der Waals surface area contributed by atoms with E-state index in [2.05, 4.69) is 50.2 Å². The summed E-state index contributed by atoms with van der Waals surface area (Å²) in [6, 6.07) is 15.9. The number of ether oxygens (including phenoxy) is 3. The van der Waals surface area contributed by atoms with E-state index in [4.69, 9.17) is 24.2 Å². The number of hydrogen-bond donors (Lipinski definition) is 1. The predicted octanol–water partition coefficient (Wildman–Crippen LogP) is 5.67. The molecule has 2 heterocycles. The van der Waals surface area contributed by atoms with Crippen LogP contribution in [-0.4, -0.2) is 62.9 Å². The fraction of sp³-hybridized carbons (Fsp3) is 0.469. The highest BCUT2D eigenvalue weighted by atomic mass is 32.2. The van der Waals surface area contributed by atoms with Gasteiger partial charge in [-0.1, -0.05) is 50.7 Å². The number of likely N-dealkylation sites (N-methyl/N-ethyl adjacent to an activating group) is 1. The molecule has 220 valence electrons. The molecule has 41 heavy (non-hydrogen) atoms. The number of benzene rings is 2. The van der Waals surface area contributed by atoms with Crippen LogP contribution in [0.25, 0.3) is 0 Å². The molecule has 1 amide bonds. The van der Waals surface area contributed by atoms with Crippen LogP contribution in [-0.2, 0) is 22.3 Å². The van der Waals surface area contributed by atoms with E-state index < -0.39 is 0 Å². The van der Waals surface area contributed by atoms with Crippen molar-refractivity contribution in [2.24, 2.45) is 0 Å². The van der Waals surface area contributed by atoms with Crippen LogP contribution in [0.2, 0.25) is 0 Å². The average molecular weight is 579 g/mol. The Morgan fingerprint density at radius 1 is 1.05 bits per heavy atom. The number of aromatic nitrogens is 2. The maximum absolute atomic E-state index is 12.5. The Kier molecular flexibility index (Phi) is 10.5. The minimum absolute atomic E-state index is 0.0679. The Bertz CT molecular complexity index is 1300. The number of thioether (sulfide) groups is 1. The summed E-state index contributed by atoms with van der Waals surface area (Å²) in [5, 5.41) is 3.72. The van der Waals surface area contributed by atoms with Crippen molar-refractivity contribution in [3.63, 3.8) is 0 Å². The molecule has 0 aliphatic carbocycles. The number of methoxy groups -OCH3 is 2. The minimum Gasteiger partial charge on any atom is -0.493 e. The third kappa shape index (κ3) is 8.60. The van der Waals surface area contributed by atoms with Gasteiger partial charge >= 0.3 is 0 Å². The van der Waals surface area contributed by atoms with Crippen molar-refractivity contribution in [3.05, 3.63) is 70.9 Å². The zero-order valence-corrected chi connectivity index (χ0v) is 25.8. The topological polar surface area (TPSA) is 85.8 Å². The van der Waals surface area contributed by atoms with Crippen molar-refractivity contribution in [3.8, 4) is 11.5 Å². The molecule has 1 aliphatic rings. The first-order valence-electron chi connectivity index (χ1n) is 14.1. The van der Waals surface area contributed by atoms with Crippen LogP contribution in [0, 0.1) is 0 Å². The van der Waals surface area contributed by atoms with Gasteiger partial charge in [0.25, 0.3) is 5.91 Å². The van der Waals surface area contributed by atoms with E-state index in [1.54, 1.807) is 26.0 Å². The lowest BCUT2D eigenvalue weighted by Gasteiger charge is -2.23. The molecule has 0 unspecified atom stereocenters. The molecule has 0 bridgehead atoms. The van der Waals surface area contributed by atoms with E-state index in [1.807, 2.05) is 36.4 Å². The first-order chi connectivity index (χ1) is 19.7. The molecule has 1 N–H and O–H groups in total. The van der Waals surface area contributed by atoms with Gasteiger partial charge in [-0.05, 0) is 54.7 Å². The fourth-order valence-electron chi connectivity index (χ4n) is 4.52. The summed E-state index contributed by atoms with van der Waals surface area (Å²) in [4.78, 5) is 24.5. The molecule has 2 aromatic carbocycles. The molecule has 1 aliphatic heterocycles. The monoisotopic (exact) mass is 578 g/mol. The normalized spacial score (nSPS) is 15.0. The second kappa shape index (κ2) is 14.0. The lowest BCUT2D eigenvalue weighted by atomic mass is 9.92. The van der Waals surface area contributed by atoms with Gasteiger partial charge in [0.05, 0.1) is 26.0 Å². The summed E-state index contributed by atoms with van der Waals surface area (Å²) < 4.78 is 16.4. The van der Waals surface area contributed by atoms with Gasteiger partial charge in [0.1, 0.15) is 5.82 Å². The van der Waals surface area contributed by atoms with Crippen molar-refractivity contribution in [1.82, 2.24) is 15.3 Å². The Labute approximate surface area is 248 Å². The smallest absolute Gasteiger partial charge is 0.251 e. The van der Waals surface area contributed by atoms with E-state index >= 15 is 0 Å². The molecule has 3 aromatic rings. The van der Waals surface area contributed by atoms with Gasteiger partial charge in [-0.3, -0.25) is 4.79 Å². The molecular formula is C32H42N4O4S. The van der Waals surface area contributed by atoms with Crippen LogP contribution in [0.3, 0.4) is 0 Å². The second-order valence-corrected chi connectivity index (χ2v) is 12.3. The van der Waals surface area contributed by atoms with Crippen molar-refractivity contribution >= 4 is 23.5 Å². The number of hydrogen-bond acceptors (Lipinski definition) is 8.